The summed E-state index contributed by atoms with van der Waals surface area (Å²) in [6.45, 7) is 3.22. The lowest BCUT2D eigenvalue weighted by atomic mass is 9.98. The molecule has 0 unspecified atom stereocenters. The van der Waals surface area contributed by atoms with Crippen molar-refractivity contribution in [2.24, 2.45) is 11.5 Å². The number of rotatable bonds is 14. The molecule has 0 aliphatic heterocycles. The number of fused-ring (bicyclic) bond motifs is 1. The molecule has 246 valence electrons. The Morgan fingerprint density at radius 3 is 2.45 bits per heavy atom. The Bertz CT molecular complexity index is 1890. The molecule has 2 heterocycles. The Labute approximate surface area is 277 Å². The SMILES string of the molecule is COc1ccc([C@H](NCCCNC(=N)N)c2ccc(-n3cc4cc(-c5cc(CCC[C@H](C)N)cc(Cl)c5F)[nH]c4nc3=O)cc2)cc1. The second-order valence-electron chi connectivity index (χ2n) is 11.6. The second-order valence-corrected chi connectivity index (χ2v) is 12.0. The van der Waals surface area contributed by atoms with Crippen molar-refractivity contribution in [1.29, 1.82) is 5.41 Å². The molecular formula is C35H40ClFN8O2. The number of aromatic nitrogens is 3. The molecule has 2 aromatic heterocycles. The first-order valence-corrected chi connectivity index (χ1v) is 15.9. The standard InChI is InChI=1S/C35H40ClFN8O2/c1-21(38)5-3-6-22-17-28(31(37)29(36)18-22)30-19-25-20-45(35(46)44-33(25)43-30)26-11-7-23(8-12-26)32(41-15-4-16-42-34(39)40)24-9-13-27(47-2)14-10-24/h7-14,17-21,32,41H,3-6,15-16,38H2,1-2H3,(H4,39,40,42)(H,43,44,46)/t21-,32+/m0/s1. The van der Waals surface area contributed by atoms with Gasteiger partial charge in [0.1, 0.15) is 11.4 Å². The van der Waals surface area contributed by atoms with E-state index in [1.165, 1.54) is 4.57 Å². The molecule has 0 radical (unpaired) electrons. The zero-order valence-electron chi connectivity index (χ0n) is 26.4. The number of nitrogens with zero attached hydrogens (tertiary/aromatic N) is 2. The summed E-state index contributed by atoms with van der Waals surface area (Å²) in [4.78, 5) is 20.5. The van der Waals surface area contributed by atoms with Crippen LogP contribution in [0.2, 0.25) is 5.02 Å². The number of halogens is 2. The lowest BCUT2D eigenvalue weighted by Gasteiger charge is -2.21. The number of nitrogens with two attached hydrogens (primary N) is 2. The van der Waals surface area contributed by atoms with Crippen molar-refractivity contribution in [3.05, 3.63) is 111 Å². The summed E-state index contributed by atoms with van der Waals surface area (Å²) in [6, 6.07) is 20.7. The van der Waals surface area contributed by atoms with Crippen LogP contribution in [-0.4, -0.2) is 46.7 Å². The minimum atomic E-state index is -0.532. The van der Waals surface area contributed by atoms with Crippen LogP contribution in [0.15, 0.2) is 77.7 Å². The molecule has 2 atom stereocenters. The molecule has 5 aromatic rings. The molecule has 12 heteroatoms. The van der Waals surface area contributed by atoms with E-state index in [1.807, 2.05) is 55.5 Å². The Balaban J connectivity index is 1.40. The van der Waals surface area contributed by atoms with Crippen molar-refractivity contribution in [3.8, 4) is 22.7 Å². The van der Waals surface area contributed by atoms with Gasteiger partial charge in [-0.3, -0.25) is 9.98 Å². The average Bonchev–Trinajstić information content (AvgIpc) is 3.46. The van der Waals surface area contributed by atoms with E-state index in [-0.39, 0.29) is 23.1 Å². The van der Waals surface area contributed by atoms with Gasteiger partial charge < -0.3 is 31.8 Å². The number of hydrogen-bond donors (Lipinski definition) is 6. The van der Waals surface area contributed by atoms with E-state index < -0.39 is 11.5 Å². The highest BCUT2D eigenvalue weighted by Gasteiger charge is 2.17. The molecule has 0 bridgehead atoms. The molecule has 3 aromatic carbocycles. The fraction of sp³-hybridized carbons (Fsp3) is 0.286. The number of nitrogens with one attached hydrogen (secondary N) is 4. The zero-order valence-corrected chi connectivity index (χ0v) is 27.2. The van der Waals surface area contributed by atoms with Crippen LogP contribution in [0.25, 0.3) is 28.0 Å². The van der Waals surface area contributed by atoms with E-state index in [4.69, 9.17) is 33.2 Å². The molecule has 0 saturated carbocycles. The number of aromatic amines is 1. The molecule has 0 saturated heterocycles. The average molecular weight is 659 g/mol. The Kier molecular flexibility index (Phi) is 10.9. The molecule has 0 fully saturated rings. The van der Waals surface area contributed by atoms with Crippen molar-refractivity contribution in [2.45, 2.75) is 44.7 Å². The van der Waals surface area contributed by atoms with Crippen LogP contribution in [0.1, 0.15) is 48.9 Å². The summed E-state index contributed by atoms with van der Waals surface area (Å²) >= 11 is 6.27. The minimum absolute atomic E-state index is 0.0414. The third-order valence-corrected chi connectivity index (χ3v) is 8.26. The second kappa shape index (κ2) is 15.3. The molecule has 47 heavy (non-hydrogen) atoms. The first-order chi connectivity index (χ1) is 22.6. The summed E-state index contributed by atoms with van der Waals surface area (Å²) in [5, 5.41) is 14.4. The highest BCUT2D eigenvalue weighted by Crippen LogP contribution is 2.32. The number of H-pyrrole nitrogens is 1. The van der Waals surface area contributed by atoms with Gasteiger partial charge in [-0.05, 0) is 98.3 Å². The van der Waals surface area contributed by atoms with Crippen LogP contribution >= 0.6 is 11.6 Å². The Morgan fingerprint density at radius 1 is 1.09 bits per heavy atom. The molecular weight excluding hydrogens is 619 g/mol. The number of hydrogen-bond acceptors (Lipinski definition) is 6. The van der Waals surface area contributed by atoms with Gasteiger partial charge in [-0.15, -0.1) is 0 Å². The van der Waals surface area contributed by atoms with Crippen molar-refractivity contribution >= 4 is 28.6 Å². The summed E-state index contributed by atoms with van der Waals surface area (Å²) < 4.78 is 22.0. The summed E-state index contributed by atoms with van der Waals surface area (Å²) in [5.41, 5.74) is 15.6. The quantitative estimate of drug-likeness (QED) is 0.0529. The highest BCUT2D eigenvalue weighted by molar-refractivity contribution is 6.31. The summed E-state index contributed by atoms with van der Waals surface area (Å²) in [7, 11) is 1.63. The minimum Gasteiger partial charge on any atom is -0.497 e. The molecule has 5 rings (SSSR count). The van der Waals surface area contributed by atoms with Crippen LogP contribution in [0.3, 0.4) is 0 Å². The third kappa shape index (κ3) is 8.37. The maximum Gasteiger partial charge on any atom is 0.354 e. The van der Waals surface area contributed by atoms with Crippen LogP contribution < -0.4 is 32.5 Å². The number of aryl methyl sites for hydroxylation is 1. The maximum absolute atomic E-state index is 15.2. The summed E-state index contributed by atoms with van der Waals surface area (Å²) in [5.74, 6) is 0.176. The van der Waals surface area contributed by atoms with E-state index >= 15 is 4.39 Å². The zero-order chi connectivity index (χ0) is 33.5. The highest BCUT2D eigenvalue weighted by atomic mass is 35.5. The molecule has 0 aliphatic carbocycles. The molecule has 0 amide bonds. The third-order valence-electron chi connectivity index (χ3n) is 7.98. The molecule has 0 spiro atoms. The Hall–Kier alpha value is -4.71. The van der Waals surface area contributed by atoms with Gasteiger partial charge in [0.05, 0.1) is 29.6 Å². The van der Waals surface area contributed by atoms with Gasteiger partial charge in [0, 0.05) is 29.7 Å². The molecule has 10 nitrogen and oxygen atoms in total. The van der Waals surface area contributed by atoms with E-state index in [2.05, 4.69) is 20.6 Å². The maximum atomic E-state index is 15.2. The van der Waals surface area contributed by atoms with Gasteiger partial charge in [-0.1, -0.05) is 35.9 Å². The first kappa shape index (κ1) is 33.6. The van der Waals surface area contributed by atoms with Crippen molar-refractivity contribution in [3.63, 3.8) is 0 Å². The fourth-order valence-corrected chi connectivity index (χ4v) is 5.79. The number of methoxy groups -OCH3 is 1. The van der Waals surface area contributed by atoms with Crippen LogP contribution in [-0.2, 0) is 6.42 Å². The topological polar surface area (TPSA) is 160 Å². The van der Waals surface area contributed by atoms with Crippen molar-refractivity contribution < 1.29 is 9.13 Å². The number of guanidine groups is 1. The van der Waals surface area contributed by atoms with E-state index in [0.717, 1.165) is 48.1 Å². The van der Waals surface area contributed by atoms with Gasteiger partial charge in [0.2, 0.25) is 0 Å². The monoisotopic (exact) mass is 658 g/mol. The molecule has 0 aliphatic rings. The predicted molar refractivity (Wildman–Crippen MR) is 186 cm³/mol. The van der Waals surface area contributed by atoms with Crippen LogP contribution in [0.4, 0.5) is 4.39 Å². The van der Waals surface area contributed by atoms with E-state index in [1.54, 1.807) is 31.5 Å². The Morgan fingerprint density at radius 2 is 1.79 bits per heavy atom. The van der Waals surface area contributed by atoms with Gasteiger partial charge in [0.25, 0.3) is 0 Å². The molecule has 8 N–H and O–H groups in total. The van der Waals surface area contributed by atoms with Crippen molar-refractivity contribution in [2.75, 3.05) is 20.2 Å². The van der Waals surface area contributed by atoms with Gasteiger partial charge >= 0.3 is 5.69 Å². The number of benzene rings is 3. The largest absolute Gasteiger partial charge is 0.497 e. The lowest BCUT2D eigenvalue weighted by molar-refractivity contribution is 0.414. The van der Waals surface area contributed by atoms with Crippen molar-refractivity contribution in [1.82, 2.24) is 25.2 Å². The number of ether oxygens (including phenoxy) is 1. The fourth-order valence-electron chi connectivity index (χ4n) is 5.55. The van der Waals surface area contributed by atoms with Crippen LogP contribution in [0.5, 0.6) is 5.75 Å². The van der Waals surface area contributed by atoms with E-state index in [0.29, 0.717) is 41.1 Å². The normalized spacial score (nSPS) is 12.6. The predicted octanol–water partition coefficient (Wildman–Crippen LogP) is 5.40. The van der Waals surface area contributed by atoms with Gasteiger partial charge in [-0.2, -0.15) is 4.98 Å². The van der Waals surface area contributed by atoms with Crippen LogP contribution in [0, 0.1) is 11.2 Å². The first-order valence-electron chi connectivity index (χ1n) is 15.5. The lowest BCUT2D eigenvalue weighted by Crippen LogP contribution is -2.33. The summed E-state index contributed by atoms with van der Waals surface area (Å²) in [6.07, 6.45) is 4.90. The van der Waals surface area contributed by atoms with Gasteiger partial charge in [-0.25, -0.2) is 9.18 Å². The smallest absolute Gasteiger partial charge is 0.354 e. The van der Waals surface area contributed by atoms with E-state index in [9.17, 15) is 4.79 Å². The van der Waals surface area contributed by atoms with Gasteiger partial charge in [0.15, 0.2) is 11.8 Å².